The molecule has 0 aliphatic carbocycles. The predicted molar refractivity (Wildman–Crippen MR) is 71.1 cm³/mol. The summed E-state index contributed by atoms with van der Waals surface area (Å²) < 4.78 is 0. The van der Waals surface area contributed by atoms with Crippen LogP contribution in [0.5, 0.6) is 0 Å². The summed E-state index contributed by atoms with van der Waals surface area (Å²) in [4.78, 5) is 0. The zero-order valence-corrected chi connectivity index (χ0v) is 11.2. The molecule has 1 N–H and O–H groups in total. The Labute approximate surface area is 106 Å². The third-order valence-corrected chi connectivity index (χ3v) is 4.95. The number of aliphatic hydroxyl groups is 1. The lowest BCUT2D eigenvalue weighted by Gasteiger charge is -2.46. The second-order valence-corrected chi connectivity index (χ2v) is 6.60. The minimum absolute atomic E-state index is 0.0943. The Hall–Kier alpha value is -0.180. The van der Waals surface area contributed by atoms with E-state index in [1.165, 1.54) is 0 Å². The standard InChI is InChI=1S/C13H17ClOS/c1-12(2)6-7-16-9-13(12,15)10-4-3-5-11(14)8-10/h3-5,8,15H,6-7,9H2,1-2H3. The Kier molecular flexibility index (Phi) is 3.26. The highest BCUT2D eigenvalue weighted by molar-refractivity contribution is 7.99. The van der Waals surface area contributed by atoms with Crippen LogP contribution in [0.2, 0.25) is 5.02 Å². The van der Waals surface area contributed by atoms with Crippen molar-refractivity contribution in [3.8, 4) is 0 Å². The van der Waals surface area contributed by atoms with Gasteiger partial charge in [0.05, 0.1) is 0 Å². The van der Waals surface area contributed by atoms with E-state index in [0.29, 0.717) is 5.02 Å². The first-order chi connectivity index (χ1) is 7.46. The van der Waals surface area contributed by atoms with Crippen LogP contribution in [0.3, 0.4) is 0 Å². The molecule has 1 atom stereocenters. The van der Waals surface area contributed by atoms with Gasteiger partial charge in [0.25, 0.3) is 0 Å². The fraction of sp³-hybridized carbons (Fsp3) is 0.538. The van der Waals surface area contributed by atoms with Crippen molar-refractivity contribution < 1.29 is 5.11 Å². The molecule has 1 saturated heterocycles. The average Bonchev–Trinajstić information content (AvgIpc) is 2.22. The Morgan fingerprint density at radius 2 is 2.12 bits per heavy atom. The highest BCUT2D eigenvalue weighted by Gasteiger charge is 2.46. The number of rotatable bonds is 1. The van der Waals surface area contributed by atoms with Gasteiger partial charge in [-0.3, -0.25) is 0 Å². The summed E-state index contributed by atoms with van der Waals surface area (Å²) in [6.45, 7) is 4.27. The van der Waals surface area contributed by atoms with Crippen molar-refractivity contribution in [3.63, 3.8) is 0 Å². The first-order valence-corrected chi connectivity index (χ1v) is 7.05. The van der Waals surface area contributed by atoms with Gasteiger partial charge < -0.3 is 5.11 Å². The molecule has 0 spiro atoms. The third kappa shape index (κ3) is 1.99. The van der Waals surface area contributed by atoms with E-state index < -0.39 is 5.60 Å². The molecular formula is C13H17ClOS. The zero-order valence-electron chi connectivity index (χ0n) is 9.66. The third-order valence-electron chi connectivity index (χ3n) is 3.60. The molecule has 1 aromatic carbocycles. The van der Waals surface area contributed by atoms with Crippen LogP contribution in [0.4, 0.5) is 0 Å². The lowest BCUT2D eigenvalue weighted by atomic mass is 9.70. The molecule has 1 aliphatic heterocycles. The van der Waals surface area contributed by atoms with Crippen molar-refractivity contribution >= 4 is 23.4 Å². The van der Waals surface area contributed by atoms with E-state index in [1.54, 1.807) is 0 Å². The predicted octanol–water partition coefficient (Wildman–Crippen LogP) is 3.69. The van der Waals surface area contributed by atoms with Crippen LogP contribution in [0.15, 0.2) is 24.3 Å². The molecule has 16 heavy (non-hydrogen) atoms. The first-order valence-electron chi connectivity index (χ1n) is 5.52. The van der Waals surface area contributed by atoms with Gasteiger partial charge in [0.2, 0.25) is 0 Å². The molecule has 1 fully saturated rings. The largest absolute Gasteiger partial charge is 0.384 e. The van der Waals surface area contributed by atoms with Crippen molar-refractivity contribution in [3.05, 3.63) is 34.9 Å². The second-order valence-electron chi connectivity index (χ2n) is 5.06. The summed E-state index contributed by atoms with van der Waals surface area (Å²) in [5, 5.41) is 11.6. The van der Waals surface area contributed by atoms with Gasteiger partial charge in [0.1, 0.15) is 5.60 Å². The molecule has 1 aromatic rings. The fourth-order valence-corrected chi connectivity index (χ4v) is 4.01. The normalized spacial score (nSPS) is 29.0. The highest BCUT2D eigenvalue weighted by atomic mass is 35.5. The Bertz CT molecular complexity index is 391. The van der Waals surface area contributed by atoms with Crippen molar-refractivity contribution in [2.75, 3.05) is 11.5 Å². The zero-order chi connectivity index (χ0) is 11.8. The molecule has 0 amide bonds. The minimum atomic E-state index is -0.763. The number of hydrogen-bond donors (Lipinski definition) is 1. The summed E-state index contributed by atoms with van der Waals surface area (Å²) in [7, 11) is 0. The molecule has 3 heteroatoms. The maximum absolute atomic E-state index is 10.9. The summed E-state index contributed by atoms with van der Waals surface area (Å²) in [5.41, 5.74) is 0.0845. The van der Waals surface area contributed by atoms with Crippen LogP contribution >= 0.6 is 23.4 Å². The van der Waals surface area contributed by atoms with Gasteiger partial charge in [0.15, 0.2) is 0 Å². The first kappa shape index (κ1) is 12.3. The lowest BCUT2D eigenvalue weighted by molar-refractivity contribution is -0.0578. The van der Waals surface area contributed by atoms with E-state index in [9.17, 15) is 5.11 Å². The smallest absolute Gasteiger partial charge is 0.104 e. The van der Waals surface area contributed by atoms with Crippen LogP contribution < -0.4 is 0 Å². The molecule has 88 valence electrons. The maximum atomic E-state index is 10.9. The summed E-state index contributed by atoms with van der Waals surface area (Å²) in [5.74, 6) is 1.87. The summed E-state index contributed by atoms with van der Waals surface area (Å²) in [6, 6.07) is 7.61. The van der Waals surface area contributed by atoms with Crippen molar-refractivity contribution in [2.45, 2.75) is 25.9 Å². The topological polar surface area (TPSA) is 20.2 Å². The van der Waals surface area contributed by atoms with Crippen molar-refractivity contribution in [1.82, 2.24) is 0 Å². The Balaban J connectivity index is 2.43. The van der Waals surface area contributed by atoms with Gasteiger partial charge in [-0.25, -0.2) is 0 Å². The monoisotopic (exact) mass is 256 g/mol. The van der Waals surface area contributed by atoms with E-state index >= 15 is 0 Å². The fourth-order valence-electron chi connectivity index (χ4n) is 2.17. The second kappa shape index (κ2) is 4.25. The van der Waals surface area contributed by atoms with Gasteiger partial charge >= 0.3 is 0 Å². The molecule has 0 bridgehead atoms. The molecule has 2 rings (SSSR count). The highest BCUT2D eigenvalue weighted by Crippen LogP contribution is 2.48. The molecule has 1 unspecified atom stereocenters. The van der Waals surface area contributed by atoms with Crippen LogP contribution in [0.25, 0.3) is 0 Å². The molecule has 1 nitrogen and oxygen atoms in total. The SMILES string of the molecule is CC1(C)CCSCC1(O)c1cccc(Cl)c1. The van der Waals surface area contributed by atoms with E-state index in [-0.39, 0.29) is 5.41 Å². The van der Waals surface area contributed by atoms with Crippen LogP contribution in [-0.2, 0) is 5.60 Å². The average molecular weight is 257 g/mol. The number of thioether (sulfide) groups is 1. The number of halogens is 1. The van der Waals surface area contributed by atoms with E-state index in [1.807, 2.05) is 36.0 Å². The van der Waals surface area contributed by atoms with Gasteiger partial charge in [-0.15, -0.1) is 0 Å². The minimum Gasteiger partial charge on any atom is -0.384 e. The van der Waals surface area contributed by atoms with Gasteiger partial charge in [0, 0.05) is 10.8 Å². The van der Waals surface area contributed by atoms with Crippen molar-refractivity contribution in [2.24, 2.45) is 5.41 Å². The summed E-state index contributed by atoms with van der Waals surface area (Å²) >= 11 is 7.81. The number of hydrogen-bond acceptors (Lipinski definition) is 2. The van der Waals surface area contributed by atoms with Gasteiger partial charge in [-0.05, 0) is 35.3 Å². The lowest BCUT2D eigenvalue weighted by Crippen LogP contribution is -2.47. The molecule has 0 radical (unpaired) electrons. The molecule has 1 heterocycles. The molecule has 1 aliphatic rings. The van der Waals surface area contributed by atoms with E-state index in [0.717, 1.165) is 23.5 Å². The van der Waals surface area contributed by atoms with Crippen LogP contribution in [0, 0.1) is 5.41 Å². The number of benzene rings is 1. The summed E-state index contributed by atoms with van der Waals surface area (Å²) in [6.07, 6.45) is 1.03. The van der Waals surface area contributed by atoms with E-state index in [4.69, 9.17) is 11.6 Å². The van der Waals surface area contributed by atoms with Gasteiger partial charge in [-0.1, -0.05) is 37.6 Å². The molecule has 0 aromatic heterocycles. The van der Waals surface area contributed by atoms with E-state index in [2.05, 4.69) is 13.8 Å². The quantitative estimate of drug-likeness (QED) is 0.827. The maximum Gasteiger partial charge on any atom is 0.104 e. The molecule has 0 saturated carbocycles. The molecular weight excluding hydrogens is 240 g/mol. The van der Waals surface area contributed by atoms with Crippen LogP contribution in [-0.4, -0.2) is 16.6 Å². The van der Waals surface area contributed by atoms with Crippen molar-refractivity contribution in [1.29, 1.82) is 0 Å². The Morgan fingerprint density at radius 1 is 1.38 bits per heavy atom. The van der Waals surface area contributed by atoms with Crippen LogP contribution in [0.1, 0.15) is 25.8 Å². The Morgan fingerprint density at radius 3 is 2.75 bits per heavy atom. The van der Waals surface area contributed by atoms with Gasteiger partial charge in [-0.2, -0.15) is 11.8 Å².